The van der Waals surface area contributed by atoms with Crippen LogP contribution in [0.25, 0.3) is 11.5 Å². The smallest absolute Gasteiger partial charge is 0.387 e. The van der Waals surface area contributed by atoms with Crippen LogP contribution in [0.5, 0.6) is 5.75 Å². The number of hydrogen-bond donors (Lipinski definition) is 0. The van der Waals surface area contributed by atoms with Crippen LogP contribution in [-0.4, -0.2) is 16.8 Å². The van der Waals surface area contributed by atoms with Gasteiger partial charge in [-0.1, -0.05) is 0 Å². The lowest BCUT2D eigenvalue weighted by molar-refractivity contribution is -0.0498. The summed E-state index contributed by atoms with van der Waals surface area (Å²) in [7, 11) is 0. The molecule has 0 N–H and O–H groups in total. The minimum atomic E-state index is -2.83. The molecule has 0 unspecified atom stereocenters. The van der Waals surface area contributed by atoms with Crippen LogP contribution in [0.3, 0.4) is 0 Å². The van der Waals surface area contributed by atoms with Crippen molar-refractivity contribution in [3.05, 3.63) is 29.1 Å². The van der Waals surface area contributed by atoms with Crippen LogP contribution in [0.2, 0.25) is 0 Å². The average Bonchev–Trinajstić information content (AvgIpc) is 2.65. The van der Waals surface area contributed by atoms with Gasteiger partial charge in [-0.3, -0.25) is 0 Å². The molecule has 0 aliphatic carbocycles. The molecule has 0 aliphatic rings. The molecule has 0 radical (unpaired) electrons. The molecule has 0 bridgehead atoms. The molecule has 2 aromatic rings. The van der Waals surface area contributed by atoms with Crippen molar-refractivity contribution >= 4 is 15.9 Å². The predicted octanol–water partition coefficient (Wildman–Crippen LogP) is 3.10. The molecule has 0 amide bonds. The fourth-order valence-electron chi connectivity index (χ4n) is 1.10. The highest BCUT2D eigenvalue weighted by molar-refractivity contribution is 9.10. The van der Waals surface area contributed by atoms with Crippen molar-refractivity contribution in [2.75, 3.05) is 0 Å². The first kappa shape index (κ1) is 11.0. The molecule has 84 valence electrons. The Morgan fingerprint density at radius 2 is 1.88 bits per heavy atom. The zero-order valence-electron chi connectivity index (χ0n) is 7.73. The third kappa shape index (κ3) is 2.54. The van der Waals surface area contributed by atoms with E-state index in [-0.39, 0.29) is 10.5 Å². The standard InChI is InChI=1S/C9H5BrF2N2O2/c10-8-14-13-7(16-8)5-1-3-6(4-2-5)15-9(11)12/h1-4,9H. The Balaban J connectivity index is 2.19. The Bertz CT molecular complexity index is 473. The predicted molar refractivity (Wildman–Crippen MR) is 54.1 cm³/mol. The summed E-state index contributed by atoms with van der Waals surface area (Å²) in [6.07, 6.45) is 0. The number of rotatable bonds is 3. The number of ether oxygens (including phenoxy) is 1. The SMILES string of the molecule is FC(F)Oc1ccc(-c2nnc(Br)o2)cc1. The number of hydrogen-bond acceptors (Lipinski definition) is 4. The average molecular weight is 291 g/mol. The number of nitrogens with zero attached hydrogens (tertiary/aromatic N) is 2. The molecule has 1 heterocycles. The first-order valence-electron chi connectivity index (χ1n) is 4.19. The second kappa shape index (κ2) is 4.56. The van der Waals surface area contributed by atoms with E-state index >= 15 is 0 Å². The van der Waals surface area contributed by atoms with Gasteiger partial charge in [0, 0.05) is 21.5 Å². The number of alkyl halides is 2. The van der Waals surface area contributed by atoms with E-state index in [0.717, 1.165) is 0 Å². The summed E-state index contributed by atoms with van der Waals surface area (Å²) in [5, 5.41) is 7.34. The van der Waals surface area contributed by atoms with E-state index in [2.05, 4.69) is 30.9 Å². The maximum Gasteiger partial charge on any atom is 0.387 e. The summed E-state index contributed by atoms with van der Waals surface area (Å²) in [5.74, 6) is 0.382. The Labute approximate surface area is 97.4 Å². The maximum atomic E-state index is 11.9. The van der Waals surface area contributed by atoms with Gasteiger partial charge >= 0.3 is 6.61 Å². The number of benzene rings is 1. The Morgan fingerprint density at radius 1 is 1.19 bits per heavy atom. The quantitative estimate of drug-likeness (QED) is 0.871. The molecule has 0 aliphatic heterocycles. The normalized spacial score (nSPS) is 10.8. The van der Waals surface area contributed by atoms with Crippen LogP contribution >= 0.6 is 15.9 Å². The van der Waals surface area contributed by atoms with Crippen LogP contribution in [0.15, 0.2) is 33.5 Å². The Kier molecular flexibility index (Phi) is 3.14. The maximum absolute atomic E-state index is 11.9. The summed E-state index contributed by atoms with van der Waals surface area (Å²) in [5.41, 5.74) is 0.625. The first-order valence-corrected chi connectivity index (χ1v) is 4.99. The van der Waals surface area contributed by atoms with Gasteiger partial charge in [-0.15, -0.1) is 10.2 Å². The zero-order chi connectivity index (χ0) is 11.5. The van der Waals surface area contributed by atoms with Crippen molar-refractivity contribution < 1.29 is 17.9 Å². The molecule has 0 saturated carbocycles. The minimum absolute atomic E-state index is 0.0809. The van der Waals surface area contributed by atoms with Crippen LogP contribution in [0, 0.1) is 0 Å². The lowest BCUT2D eigenvalue weighted by Crippen LogP contribution is -2.01. The minimum Gasteiger partial charge on any atom is -0.435 e. The van der Waals surface area contributed by atoms with Gasteiger partial charge in [-0.2, -0.15) is 8.78 Å². The summed E-state index contributed by atoms with van der Waals surface area (Å²) in [4.78, 5) is 0.260. The molecule has 0 fully saturated rings. The summed E-state index contributed by atoms with van der Waals surface area (Å²) >= 11 is 3.01. The highest BCUT2D eigenvalue weighted by Crippen LogP contribution is 2.23. The van der Waals surface area contributed by atoms with Gasteiger partial charge in [0.2, 0.25) is 5.89 Å². The second-order valence-electron chi connectivity index (χ2n) is 2.76. The lowest BCUT2D eigenvalue weighted by atomic mass is 10.2. The molecule has 1 aromatic heterocycles. The first-order chi connectivity index (χ1) is 7.65. The van der Waals surface area contributed by atoms with Gasteiger partial charge < -0.3 is 9.15 Å². The van der Waals surface area contributed by atoms with Gasteiger partial charge in [-0.25, -0.2) is 0 Å². The Morgan fingerprint density at radius 3 is 2.38 bits per heavy atom. The Hall–Kier alpha value is -1.50. The van der Waals surface area contributed by atoms with Crippen LogP contribution in [0.1, 0.15) is 0 Å². The van der Waals surface area contributed by atoms with Crippen molar-refractivity contribution in [2.45, 2.75) is 6.61 Å². The monoisotopic (exact) mass is 290 g/mol. The summed E-state index contributed by atoms with van der Waals surface area (Å²) < 4.78 is 33.1. The van der Waals surface area contributed by atoms with E-state index < -0.39 is 6.61 Å². The molecule has 7 heteroatoms. The van der Waals surface area contributed by atoms with E-state index in [4.69, 9.17) is 4.42 Å². The van der Waals surface area contributed by atoms with Crippen molar-refractivity contribution in [3.63, 3.8) is 0 Å². The van der Waals surface area contributed by atoms with E-state index in [1.165, 1.54) is 12.1 Å². The zero-order valence-corrected chi connectivity index (χ0v) is 9.32. The van der Waals surface area contributed by atoms with Gasteiger partial charge in [0.1, 0.15) is 5.75 Å². The van der Waals surface area contributed by atoms with E-state index in [1.54, 1.807) is 12.1 Å². The molecule has 0 spiro atoms. The van der Waals surface area contributed by atoms with E-state index in [1.807, 2.05) is 0 Å². The summed E-state index contributed by atoms with van der Waals surface area (Å²) in [6.45, 7) is -2.83. The molecule has 4 nitrogen and oxygen atoms in total. The van der Waals surface area contributed by atoms with Crippen molar-refractivity contribution in [1.82, 2.24) is 10.2 Å². The largest absolute Gasteiger partial charge is 0.435 e. The molecule has 0 atom stereocenters. The molecule has 0 saturated heterocycles. The molecule has 16 heavy (non-hydrogen) atoms. The second-order valence-corrected chi connectivity index (χ2v) is 3.44. The molecule has 1 aromatic carbocycles. The van der Waals surface area contributed by atoms with Gasteiger partial charge in [0.25, 0.3) is 4.80 Å². The van der Waals surface area contributed by atoms with E-state index in [0.29, 0.717) is 11.5 Å². The molecule has 2 rings (SSSR count). The third-order valence-corrected chi connectivity index (χ3v) is 2.05. The van der Waals surface area contributed by atoms with Crippen molar-refractivity contribution in [2.24, 2.45) is 0 Å². The fraction of sp³-hybridized carbons (Fsp3) is 0.111. The lowest BCUT2D eigenvalue weighted by Gasteiger charge is -2.03. The molecular weight excluding hydrogens is 286 g/mol. The number of halogens is 3. The van der Waals surface area contributed by atoms with Crippen LogP contribution < -0.4 is 4.74 Å². The highest BCUT2D eigenvalue weighted by atomic mass is 79.9. The topological polar surface area (TPSA) is 48.2 Å². The fourth-order valence-corrected chi connectivity index (χ4v) is 1.33. The van der Waals surface area contributed by atoms with Crippen molar-refractivity contribution in [3.8, 4) is 17.2 Å². The van der Waals surface area contributed by atoms with Gasteiger partial charge in [-0.05, 0) is 24.3 Å². The van der Waals surface area contributed by atoms with Gasteiger partial charge in [0.15, 0.2) is 0 Å². The third-order valence-electron chi connectivity index (χ3n) is 1.73. The van der Waals surface area contributed by atoms with Crippen LogP contribution in [0.4, 0.5) is 8.78 Å². The van der Waals surface area contributed by atoms with Crippen LogP contribution in [-0.2, 0) is 0 Å². The molecular formula is C9H5BrF2N2O2. The number of aromatic nitrogens is 2. The van der Waals surface area contributed by atoms with Gasteiger partial charge in [0.05, 0.1) is 0 Å². The van der Waals surface area contributed by atoms with Crippen molar-refractivity contribution in [1.29, 1.82) is 0 Å². The van der Waals surface area contributed by atoms with E-state index in [9.17, 15) is 8.78 Å². The summed E-state index contributed by atoms with van der Waals surface area (Å²) in [6, 6.07) is 5.91. The highest BCUT2D eigenvalue weighted by Gasteiger charge is 2.08.